The largest absolute Gasteiger partial charge is 0.369 e. The number of amides is 3. The highest BCUT2D eigenvalue weighted by atomic mass is 16.2. The predicted molar refractivity (Wildman–Crippen MR) is 122 cm³/mol. The summed E-state index contributed by atoms with van der Waals surface area (Å²) in [6, 6.07) is 0.0368. The summed E-state index contributed by atoms with van der Waals surface area (Å²) in [7, 11) is 0. The average Bonchev–Trinajstić information content (AvgIpc) is 2.97. The molecule has 1 fully saturated rings. The monoisotopic (exact) mass is 421 g/mol. The number of unbranched alkanes of at least 4 members (excludes halogenated alkanes) is 4. The van der Waals surface area contributed by atoms with Crippen molar-refractivity contribution in [3.05, 3.63) is 0 Å². The van der Waals surface area contributed by atoms with Gasteiger partial charge in [0, 0.05) is 26.2 Å². The molecular formula is C23H43N5O2. The molecular weight excluding hydrogens is 378 g/mol. The SMILES string of the molecule is CCCCCC1(CCCC)N=C(N)N(CC2CCN(C(=O)NCCCC)CC2)C1=O. The fourth-order valence-corrected chi connectivity index (χ4v) is 4.51. The van der Waals surface area contributed by atoms with Crippen molar-refractivity contribution in [2.75, 3.05) is 26.2 Å². The summed E-state index contributed by atoms with van der Waals surface area (Å²) in [6.07, 6.45) is 10.8. The maximum atomic E-state index is 13.4. The zero-order valence-corrected chi connectivity index (χ0v) is 19.4. The molecule has 0 aliphatic carbocycles. The van der Waals surface area contributed by atoms with Gasteiger partial charge in [0.25, 0.3) is 5.91 Å². The zero-order valence-electron chi connectivity index (χ0n) is 19.4. The molecule has 0 aromatic heterocycles. The number of urea groups is 1. The molecule has 7 heteroatoms. The van der Waals surface area contributed by atoms with E-state index >= 15 is 0 Å². The number of piperidine rings is 1. The van der Waals surface area contributed by atoms with Crippen LogP contribution < -0.4 is 11.1 Å². The molecule has 2 aliphatic heterocycles. The molecule has 1 unspecified atom stereocenters. The second-order valence-corrected chi connectivity index (χ2v) is 8.99. The number of nitrogens with zero attached hydrogens (tertiary/aromatic N) is 3. The third-order valence-electron chi connectivity index (χ3n) is 6.54. The van der Waals surface area contributed by atoms with E-state index in [4.69, 9.17) is 10.7 Å². The second kappa shape index (κ2) is 12.2. The average molecular weight is 422 g/mol. The minimum absolute atomic E-state index is 0.0368. The van der Waals surface area contributed by atoms with E-state index in [-0.39, 0.29) is 11.9 Å². The maximum Gasteiger partial charge on any atom is 0.317 e. The van der Waals surface area contributed by atoms with Crippen LogP contribution in [0.3, 0.4) is 0 Å². The minimum Gasteiger partial charge on any atom is -0.369 e. The number of likely N-dealkylation sites (tertiary alicyclic amines) is 1. The number of rotatable bonds is 12. The highest BCUT2D eigenvalue weighted by Crippen LogP contribution is 2.34. The lowest BCUT2D eigenvalue weighted by Crippen LogP contribution is -2.49. The van der Waals surface area contributed by atoms with Gasteiger partial charge in [-0.05, 0) is 38.0 Å². The highest BCUT2D eigenvalue weighted by molar-refractivity contribution is 6.06. The lowest BCUT2D eigenvalue weighted by Gasteiger charge is -2.34. The van der Waals surface area contributed by atoms with Crippen LogP contribution in [0.1, 0.15) is 91.4 Å². The van der Waals surface area contributed by atoms with E-state index in [0.29, 0.717) is 18.4 Å². The first-order chi connectivity index (χ1) is 14.5. The number of hydrogen-bond acceptors (Lipinski definition) is 4. The van der Waals surface area contributed by atoms with Gasteiger partial charge in [-0.1, -0.05) is 59.3 Å². The van der Waals surface area contributed by atoms with Gasteiger partial charge in [-0.25, -0.2) is 9.79 Å². The molecule has 0 spiro atoms. The Morgan fingerprint density at radius 2 is 1.70 bits per heavy atom. The van der Waals surface area contributed by atoms with Crippen LogP contribution in [0.4, 0.5) is 4.79 Å². The molecule has 2 heterocycles. The molecule has 3 N–H and O–H groups in total. The molecule has 1 atom stereocenters. The topological polar surface area (TPSA) is 91.0 Å². The highest BCUT2D eigenvalue weighted by Gasteiger charge is 2.47. The fraction of sp³-hybridized carbons (Fsp3) is 0.870. The lowest BCUT2D eigenvalue weighted by atomic mass is 9.86. The maximum absolute atomic E-state index is 13.4. The van der Waals surface area contributed by atoms with Crippen molar-refractivity contribution in [3.63, 3.8) is 0 Å². The number of nitrogens with two attached hydrogens (primary N) is 1. The van der Waals surface area contributed by atoms with E-state index in [1.807, 2.05) is 4.90 Å². The third kappa shape index (κ3) is 6.35. The van der Waals surface area contributed by atoms with Crippen molar-refractivity contribution < 1.29 is 9.59 Å². The van der Waals surface area contributed by atoms with Gasteiger partial charge in [0.1, 0.15) is 5.54 Å². The summed E-state index contributed by atoms with van der Waals surface area (Å²) in [6.45, 7) is 9.28. The second-order valence-electron chi connectivity index (χ2n) is 8.99. The molecule has 0 radical (unpaired) electrons. The van der Waals surface area contributed by atoms with Crippen LogP contribution in [0.2, 0.25) is 0 Å². The van der Waals surface area contributed by atoms with Crippen molar-refractivity contribution in [3.8, 4) is 0 Å². The van der Waals surface area contributed by atoms with Crippen molar-refractivity contribution >= 4 is 17.9 Å². The predicted octanol–water partition coefficient (Wildman–Crippen LogP) is 3.87. The van der Waals surface area contributed by atoms with E-state index in [0.717, 1.165) is 90.3 Å². The number of carbonyl (C=O) groups is 2. The quantitative estimate of drug-likeness (QED) is 0.469. The smallest absolute Gasteiger partial charge is 0.317 e. The van der Waals surface area contributed by atoms with E-state index < -0.39 is 5.54 Å². The van der Waals surface area contributed by atoms with Gasteiger partial charge < -0.3 is 16.0 Å². The summed E-state index contributed by atoms with van der Waals surface area (Å²) in [5.74, 6) is 0.858. The summed E-state index contributed by atoms with van der Waals surface area (Å²) >= 11 is 0. The third-order valence-corrected chi connectivity index (χ3v) is 6.54. The van der Waals surface area contributed by atoms with Crippen LogP contribution in [0.5, 0.6) is 0 Å². The van der Waals surface area contributed by atoms with Crippen molar-refractivity contribution in [2.45, 2.75) is 96.9 Å². The van der Waals surface area contributed by atoms with Crippen LogP contribution in [0, 0.1) is 5.92 Å². The van der Waals surface area contributed by atoms with Gasteiger partial charge >= 0.3 is 6.03 Å². The number of aliphatic imine (C=N–C) groups is 1. The number of guanidine groups is 1. The summed E-state index contributed by atoms with van der Waals surface area (Å²) in [5.41, 5.74) is 5.62. The van der Waals surface area contributed by atoms with Crippen LogP contribution in [0.25, 0.3) is 0 Å². The Labute approximate surface area is 182 Å². The van der Waals surface area contributed by atoms with Crippen LogP contribution in [0.15, 0.2) is 4.99 Å². The molecule has 3 amide bonds. The number of nitrogens with one attached hydrogen (secondary N) is 1. The van der Waals surface area contributed by atoms with Crippen LogP contribution in [-0.4, -0.2) is 59.4 Å². The molecule has 0 aromatic rings. The molecule has 0 bridgehead atoms. The normalized spacial score (nSPS) is 22.5. The van der Waals surface area contributed by atoms with E-state index in [1.54, 1.807) is 4.90 Å². The molecule has 0 saturated carbocycles. The molecule has 2 aliphatic rings. The molecule has 7 nitrogen and oxygen atoms in total. The van der Waals surface area contributed by atoms with Crippen LogP contribution in [-0.2, 0) is 4.79 Å². The first-order valence-electron chi connectivity index (χ1n) is 12.2. The Morgan fingerprint density at radius 3 is 2.33 bits per heavy atom. The zero-order chi connectivity index (χ0) is 22.0. The fourth-order valence-electron chi connectivity index (χ4n) is 4.51. The van der Waals surface area contributed by atoms with Gasteiger partial charge in [0.15, 0.2) is 5.96 Å². The van der Waals surface area contributed by atoms with E-state index in [1.165, 1.54) is 0 Å². The van der Waals surface area contributed by atoms with E-state index in [9.17, 15) is 9.59 Å². The Balaban J connectivity index is 1.90. The van der Waals surface area contributed by atoms with Crippen molar-refractivity contribution in [2.24, 2.45) is 16.6 Å². The Kier molecular flexibility index (Phi) is 9.92. The minimum atomic E-state index is -0.644. The molecule has 30 heavy (non-hydrogen) atoms. The first-order valence-corrected chi connectivity index (χ1v) is 12.2. The summed E-state index contributed by atoms with van der Waals surface area (Å²) in [4.78, 5) is 34.0. The van der Waals surface area contributed by atoms with Gasteiger partial charge in [-0.3, -0.25) is 9.69 Å². The first kappa shape index (κ1) is 24.5. The lowest BCUT2D eigenvalue weighted by molar-refractivity contribution is -0.132. The standard InChI is InChI=1S/C23H43N5O2/c1-4-7-10-14-23(13-8-5-2)20(29)28(21(24)26-23)18-19-11-16-27(17-12-19)22(30)25-15-9-6-3/h19H,4-18H2,1-3H3,(H2,24,26)(H,25,30). The number of hydrogen-bond donors (Lipinski definition) is 2. The van der Waals surface area contributed by atoms with Crippen molar-refractivity contribution in [1.29, 1.82) is 0 Å². The van der Waals surface area contributed by atoms with Gasteiger partial charge in [-0.2, -0.15) is 0 Å². The molecule has 0 aromatic carbocycles. The Bertz CT molecular complexity index is 586. The van der Waals surface area contributed by atoms with Crippen molar-refractivity contribution in [1.82, 2.24) is 15.1 Å². The molecule has 2 rings (SSSR count). The van der Waals surface area contributed by atoms with E-state index in [2.05, 4.69) is 26.1 Å². The number of carbonyl (C=O) groups excluding carboxylic acids is 2. The Hall–Kier alpha value is -1.79. The Morgan fingerprint density at radius 1 is 1.07 bits per heavy atom. The summed E-state index contributed by atoms with van der Waals surface area (Å²) in [5, 5.41) is 2.99. The van der Waals surface area contributed by atoms with Crippen LogP contribution >= 0.6 is 0 Å². The van der Waals surface area contributed by atoms with Gasteiger partial charge in [0.2, 0.25) is 0 Å². The summed E-state index contributed by atoms with van der Waals surface area (Å²) < 4.78 is 0. The van der Waals surface area contributed by atoms with Gasteiger partial charge in [0.05, 0.1) is 0 Å². The molecule has 172 valence electrons. The molecule has 1 saturated heterocycles. The van der Waals surface area contributed by atoms with Gasteiger partial charge in [-0.15, -0.1) is 0 Å².